The summed E-state index contributed by atoms with van der Waals surface area (Å²) in [4.78, 5) is 11.8. The molecule has 0 aromatic carbocycles. The standard InChI is InChI=1S/C15H30N2O2/c1-3-4-7-10-16-15(19)12(2)17-11-13-8-5-6-9-14(13)18/h12-14,17-18H,3-11H2,1-2H3,(H,16,19). The summed E-state index contributed by atoms with van der Waals surface area (Å²) in [6, 6.07) is -0.171. The summed E-state index contributed by atoms with van der Waals surface area (Å²) in [6.07, 6.45) is 7.49. The molecule has 0 radical (unpaired) electrons. The van der Waals surface area contributed by atoms with Crippen LogP contribution in [0.2, 0.25) is 0 Å². The van der Waals surface area contributed by atoms with Crippen molar-refractivity contribution >= 4 is 5.91 Å². The average Bonchev–Trinajstić information content (AvgIpc) is 2.42. The Balaban J connectivity index is 2.15. The molecule has 3 atom stereocenters. The van der Waals surface area contributed by atoms with E-state index in [-0.39, 0.29) is 18.1 Å². The molecule has 0 spiro atoms. The molecule has 0 aliphatic heterocycles. The van der Waals surface area contributed by atoms with Gasteiger partial charge in [-0.15, -0.1) is 0 Å². The lowest BCUT2D eigenvalue weighted by Gasteiger charge is -2.28. The summed E-state index contributed by atoms with van der Waals surface area (Å²) in [5.41, 5.74) is 0. The van der Waals surface area contributed by atoms with Gasteiger partial charge in [-0.25, -0.2) is 0 Å². The van der Waals surface area contributed by atoms with Crippen molar-refractivity contribution in [2.45, 2.75) is 70.9 Å². The quantitative estimate of drug-likeness (QED) is 0.590. The fourth-order valence-electron chi connectivity index (χ4n) is 2.59. The number of unbranched alkanes of at least 4 members (excludes halogenated alkanes) is 2. The second-order valence-corrected chi connectivity index (χ2v) is 5.74. The molecule has 3 N–H and O–H groups in total. The van der Waals surface area contributed by atoms with Gasteiger partial charge in [-0.2, -0.15) is 0 Å². The maximum atomic E-state index is 11.8. The van der Waals surface area contributed by atoms with Gasteiger partial charge in [0.25, 0.3) is 0 Å². The smallest absolute Gasteiger partial charge is 0.236 e. The normalized spacial score (nSPS) is 25.0. The first-order valence-corrected chi connectivity index (χ1v) is 7.84. The number of carbonyl (C=O) groups is 1. The van der Waals surface area contributed by atoms with Crippen LogP contribution >= 0.6 is 0 Å². The maximum Gasteiger partial charge on any atom is 0.236 e. The molecule has 1 amide bonds. The molecule has 4 nitrogen and oxygen atoms in total. The van der Waals surface area contributed by atoms with E-state index in [2.05, 4.69) is 17.6 Å². The lowest BCUT2D eigenvalue weighted by molar-refractivity contribution is -0.122. The lowest BCUT2D eigenvalue weighted by Crippen LogP contribution is -2.45. The Kier molecular flexibility index (Phi) is 8.07. The summed E-state index contributed by atoms with van der Waals surface area (Å²) < 4.78 is 0. The molecule has 4 heteroatoms. The molecule has 3 unspecified atom stereocenters. The van der Waals surface area contributed by atoms with Gasteiger partial charge in [0, 0.05) is 13.1 Å². The summed E-state index contributed by atoms with van der Waals surface area (Å²) in [7, 11) is 0. The van der Waals surface area contributed by atoms with E-state index in [1.807, 2.05) is 6.92 Å². The minimum Gasteiger partial charge on any atom is -0.393 e. The van der Waals surface area contributed by atoms with E-state index in [4.69, 9.17) is 0 Å². The molecule has 0 aromatic heterocycles. The minimum absolute atomic E-state index is 0.0707. The summed E-state index contributed by atoms with van der Waals surface area (Å²) in [5, 5.41) is 16.1. The highest BCUT2D eigenvalue weighted by atomic mass is 16.3. The van der Waals surface area contributed by atoms with Crippen molar-refractivity contribution in [3.05, 3.63) is 0 Å². The number of hydrogen-bond donors (Lipinski definition) is 3. The number of rotatable bonds is 8. The van der Waals surface area contributed by atoms with E-state index in [9.17, 15) is 9.90 Å². The van der Waals surface area contributed by atoms with E-state index < -0.39 is 0 Å². The van der Waals surface area contributed by atoms with Crippen LogP contribution in [0, 0.1) is 5.92 Å². The minimum atomic E-state index is -0.193. The first kappa shape index (κ1) is 16.4. The van der Waals surface area contributed by atoms with Crippen LogP contribution in [-0.4, -0.2) is 36.2 Å². The van der Waals surface area contributed by atoms with Crippen LogP contribution in [0.15, 0.2) is 0 Å². The summed E-state index contributed by atoms with van der Waals surface area (Å²) in [5.74, 6) is 0.380. The second-order valence-electron chi connectivity index (χ2n) is 5.74. The number of amides is 1. The molecule has 1 fully saturated rings. The van der Waals surface area contributed by atoms with Crippen molar-refractivity contribution in [2.75, 3.05) is 13.1 Å². The van der Waals surface area contributed by atoms with Gasteiger partial charge in [0.2, 0.25) is 5.91 Å². The fraction of sp³-hybridized carbons (Fsp3) is 0.933. The van der Waals surface area contributed by atoms with Crippen molar-refractivity contribution in [3.63, 3.8) is 0 Å². The highest BCUT2D eigenvalue weighted by Crippen LogP contribution is 2.23. The number of aliphatic hydroxyl groups excluding tert-OH is 1. The third kappa shape index (κ3) is 6.39. The van der Waals surface area contributed by atoms with Gasteiger partial charge in [0.05, 0.1) is 12.1 Å². The van der Waals surface area contributed by atoms with Crippen LogP contribution in [0.1, 0.15) is 58.8 Å². The lowest BCUT2D eigenvalue weighted by atomic mass is 9.86. The Labute approximate surface area is 117 Å². The molecule has 112 valence electrons. The topological polar surface area (TPSA) is 61.4 Å². The third-order valence-electron chi connectivity index (χ3n) is 4.03. The predicted octanol–water partition coefficient (Wildman–Crippen LogP) is 1.82. The van der Waals surface area contributed by atoms with Gasteiger partial charge in [0.15, 0.2) is 0 Å². The van der Waals surface area contributed by atoms with Crippen LogP contribution in [0.25, 0.3) is 0 Å². The van der Waals surface area contributed by atoms with Crippen LogP contribution in [0.3, 0.4) is 0 Å². The Bertz CT molecular complexity index is 259. The summed E-state index contributed by atoms with van der Waals surface area (Å²) >= 11 is 0. The highest BCUT2D eigenvalue weighted by Gasteiger charge is 2.23. The second kappa shape index (κ2) is 9.32. The zero-order chi connectivity index (χ0) is 14.1. The van der Waals surface area contributed by atoms with E-state index in [1.165, 1.54) is 12.8 Å². The molecular weight excluding hydrogens is 240 g/mol. The Hall–Kier alpha value is -0.610. The monoisotopic (exact) mass is 270 g/mol. The molecule has 1 aliphatic rings. The average molecular weight is 270 g/mol. The highest BCUT2D eigenvalue weighted by molar-refractivity contribution is 5.81. The Morgan fingerprint density at radius 2 is 2.05 bits per heavy atom. The Morgan fingerprint density at radius 3 is 2.74 bits per heavy atom. The maximum absolute atomic E-state index is 11.8. The molecule has 0 saturated heterocycles. The Morgan fingerprint density at radius 1 is 1.32 bits per heavy atom. The van der Waals surface area contributed by atoms with Gasteiger partial charge in [-0.3, -0.25) is 4.79 Å². The third-order valence-corrected chi connectivity index (χ3v) is 4.03. The molecular formula is C15H30N2O2. The molecule has 1 aliphatic carbocycles. The van der Waals surface area contributed by atoms with Gasteiger partial charge >= 0.3 is 0 Å². The van der Waals surface area contributed by atoms with Gasteiger partial charge in [-0.05, 0) is 32.1 Å². The fourth-order valence-corrected chi connectivity index (χ4v) is 2.59. The molecule has 0 bridgehead atoms. The molecule has 1 rings (SSSR count). The van der Waals surface area contributed by atoms with Gasteiger partial charge in [-0.1, -0.05) is 32.6 Å². The molecule has 19 heavy (non-hydrogen) atoms. The first-order chi connectivity index (χ1) is 9.15. The van der Waals surface area contributed by atoms with Crippen LogP contribution in [-0.2, 0) is 4.79 Å². The van der Waals surface area contributed by atoms with E-state index in [0.717, 1.165) is 45.2 Å². The van der Waals surface area contributed by atoms with Crippen molar-refractivity contribution in [1.82, 2.24) is 10.6 Å². The van der Waals surface area contributed by atoms with E-state index >= 15 is 0 Å². The van der Waals surface area contributed by atoms with Crippen LogP contribution in [0.5, 0.6) is 0 Å². The molecule has 1 saturated carbocycles. The van der Waals surface area contributed by atoms with E-state index in [1.54, 1.807) is 0 Å². The van der Waals surface area contributed by atoms with Crippen molar-refractivity contribution in [1.29, 1.82) is 0 Å². The van der Waals surface area contributed by atoms with Gasteiger partial charge in [0.1, 0.15) is 0 Å². The largest absolute Gasteiger partial charge is 0.393 e. The molecule has 0 heterocycles. The van der Waals surface area contributed by atoms with E-state index in [0.29, 0.717) is 5.92 Å². The van der Waals surface area contributed by atoms with Crippen LogP contribution in [0.4, 0.5) is 0 Å². The zero-order valence-electron chi connectivity index (χ0n) is 12.5. The predicted molar refractivity (Wildman–Crippen MR) is 78.0 cm³/mol. The SMILES string of the molecule is CCCCCNC(=O)C(C)NCC1CCCCC1O. The first-order valence-electron chi connectivity index (χ1n) is 7.84. The number of carbonyl (C=O) groups excluding carboxylic acids is 1. The molecule has 0 aromatic rings. The van der Waals surface area contributed by atoms with Crippen molar-refractivity contribution < 1.29 is 9.90 Å². The van der Waals surface area contributed by atoms with Crippen molar-refractivity contribution in [2.24, 2.45) is 5.92 Å². The van der Waals surface area contributed by atoms with Crippen LogP contribution < -0.4 is 10.6 Å². The number of aliphatic hydroxyl groups is 1. The van der Waals surface area contributed by atoms with Crippen molar-refractivity contribution in [3.8, 4) is 0 Å². The zero-order valence-corrected chi connectivity index (χ0v) is 12.5. The summed E-state index contributed by atoms with van der Waals surface area (Å²) in [6.45, 7) is 5.56. The number of nitrogens with one attached hydrogen (secondary N) is 2. The number of hydrogen-bond acceptors (Lipinski definition) is 3. The van der Waals surface area contributed by atoms with Gasteiger partial charge < -0.3 is 15.7 Å².